The van der Waals surface area contributed by atoms with Gasteiger partial charge in [-0.05, 0) is 43.7 Å². The lowest BCUT2D eigenvalue weighted by molar-refractivity contribution is -0.115. The molecule has 0 aliphatic rings. The summed E-state index contributed by atoms with van der Waals surface area (Å²) in [7, 11) is 1.53. The number of anilines is 1. The second kappa shape index (κ2) is 7.45. The molecule has 0 radical (unpaired) electrons. The second-order valence-corrected chi connectivity index (χ2v) is 6.22. The summed E-state index contributed by atoms with van der Waals surface area (Å²) in [6.45, 7) is 3.24. The van der Waals surface area contributed by atoms with Crippen LogP contribution >= 0.6 is 0 Å². The molecule has 138 valence electrons. The molecule has 0 spiro atoms. The largest absolute Gasteiger partial charge is 0.497 e. The molecular weight excluding hydrogens is 346 g/mol. The van der Waals surface area contributed by atoms with Crippen LogP contribution in [-0.2, 0) is 11.2 Å². The highest BCUT2D eigenvalue weighted by molar-refractivity contribution is 5.97. The van der Waals surface area contributed by atoms with Crippen molar-refractivity contribution >= 4 is 28.3 Å². The van der Waals surface area contributed by atoms with Crippen molar-refractivity contribution in [2.24, 2.45) is 0 Å². The van der Waals surface area contributed by atoms with Gasteiger partial charge in [0.15, 0.2) is 5.78 Å². The number of benzene rings is 2. The van der Waals surface area contributed by atoms with Gasteiger partial charge in [0.1, 0.15) is 11.3 Å². The van der Waals surface area contributed by atoms with E-state index in [9.17, 15) is 14.4 Å². The predicted molar refractivity (Wildman–Crippen MR) is 103 cm³/mol. The summed E-state index contributed by atoms with van der Waals surface area (Å²) in [6, 6.07) is 11.9. The third-order valence-electron chi connectivity index (χ3n) is 4.38. The Labute approximate surface area is 155 Å². The van der Waals surface area contributed by atoms with Crippen LogP contribution in [0.15, 0.2) is 51.7 Å². The van der Waals surface area contributed by atoms with Crippen molar-refractivity contribution in [2.45, 2.75) is 20.3 Å². The number of hydrogen-bond acceptors (Lipinski definition) is 5. The molecule has 0 saturated heterocycles. The minimum Gasteiger partial charge on any atom is -0.497 e. The molecule has 0 bridgehead atoms. The van der Waals surface area contributed by atoms with E-state index in [1.165, 1.54) is 14.0 Å². The number of carbonyl (C=O) groups excluding carboxylic acids is 2. The molecule has 0 aliphatic heterocycles. The van der Waals surface area contributed by atoms with Gasteiger partial charge in [-0.2, -0.15) is 0 Å². The fraction of sp³-hybridized carbons (Fsp3) is 0.190. The number of carbonyl (C=O) groups is 2. The standard InChI is InChI=1S/C21H19NO5/c1-12-17-8-7-16(26-3)10-19(17)27-21(25)18(12)11-20(24)22-15-6-4-5-14(9-15)13(2)23/h4-10H,11H2,1-3H3,(H,22,24). The average Bonchev–Trinajstić information content (AvgIpc) is 2.64. The number of rotatable bonds is 5. The van der Waals surface area contributed by atoms with E-state index in [-0.39, 0.29) is 18.1 Å². The van der Waals surface area contributed by atoms with E-state index >= 15 is 0 Å². The van der Waals surface area contributed by atoms with Crippen LogP contribution in [0.4, 0.5) is 5.69 Å². The van der Waals surface area contributed by atoms with Crippen molar-refractivity contribution in [1.82, 2.24) is 0 Å². The molecule has 1 N–H and O–H groups in total. The molecule has 6 nitrogen and oxygen atoms in total. The molecule has 0 aliphatic carbocycles. The van der Waals surface area contributed by atoms with Gasteiger partial charge in [0.2, 0.25) is 5.91 Å². The zero-order chi connectivity index (χ0) is 19.6. The Hall–Kier alpha value is -3.41. The molecule has 0 unspecified atom stereocenters. The van der Waals surface area contributed by atoms with Crippen LogP contribution in [0.1, 0.15) is 28.4 Å². The zero-order valence-electron chi connectivity index (χ0n) is 15.3. The van der Waals surface area contributed by atoms with Gasteiger partial charge in [0.05, 0.1) is 19.1 Å². The molecule has 6 heteroatoms. The van der Waals surface area contributed by atoms with Crippen LogP contribution in [0.25, 0.3) is 11.0 Å². The molecule has 2 aromatic carbocycles. The van der Waals surface area contributed by atoms with Crippen molar-refractivity contribution in [3.63, 3.8) is 0 Å². The maximum Gasteiger partial charge on any atom is 0.340 e. The highest BCUT2D eigenvalue weighted by Crippen LogP contribution is 2.24. The van der Waals surface area contributed by atoms with Crippen molar-refractivity contribution in [3.05, 3.63) is 69.6 Å². The van der Waals surface area contributed by atoms with E-state index in [0.29, 0.717) is 33.7 Å². The van der Waals surface area contributed by atoms with Crippen LogP contribution in [0, 0.1) is 6.92 Å². The first kappa shape index (κ1) is 18.4. The molecule has 3 aromatic rings. The van der Waals surface area contributed by atoms with Gasteiger partial charge in [0, 0.05) is 22.7 Å². The number of fused-ring (bicyclic) bond motifs is 1. The number of methoxy groups -OCH3 is 1. The monoisotopic (exact) mass is 365 g/mol. The quantitative estimate of drug-likeness (QED) is 0.552. The van der Waals surface area contributed by atoms with Crippen LogP contribution in [-0.4, -0.2) is 18.8 Å². The maximum atomic E-state index is 12.4. The van der Waals surface area contributed by atoms with E-state index in [2.05, 4.69) is 5.32 Å². The number of ketones is 1. The van der Waals surface area contributed by atoms with Crippen molar-refractivity contribution in [1.29, 1.82) is 0 Å². The minimum atomic E-state index is -0.555. The first-order valence-electron chi connectivity index (χ1n) is 8.40. The van der Waals surface area contributed by atoms with Gasteiger partial charge in [-0.3, -0.25) is 9.59 Å². The lowest BCUT2D eigenvalue weighted by Crippen LogP contribution is -2.20. The van der Waals surface area contributed by atoms with E-state index in [1.807, 2.05) is 0 Å². The summed E-state index contributed by atoms with van der Waals surface area (Å²) in [5.41, 5.74) is 1.85. The van der Waals surface area contributed by atoms with Crippen LogP contribution in [0.5, 0.6) is 5.75 Å². The summed E-state index contributed by atoms with van der Waals surface area (Å²) in [5.74, 6) is 0.132. The maximum absolute atomic E-state index is 12.4. The number of nitrogens with one attached hydrogen (secondary N) is 1. The van der Waals surface area contributed by atoms with Gasteiger partial charge in [-0.1, -0.05) is 12.1 Å². The SMILES string of the molecule is COc1ccc2c(C)c(CC(=O)Nc3cccc(C(C)=O)c3)c(=O)oc2c1. The molecule has 3 rings (SSSR count). The number of ether oxygens (including phenoxy) is 1. The highest BCUT2D eigenvalue weighted by Gasteiger charge is 2.16. The Balaban J connectivity index is 1.88. The van der Waals surface area contributed by atoms with E-state index < -0.39 is 5.63 Å². The first-order valence-corrected chi connectivity index (χ1v) is 8.40. The average molecular weight is 365 g/mol. The minimum absolute atomic E-state index is 0.0902. The fourth-order valence-electron chi connectivity index (χ4n) is 2.89. The van der Waals surface area contributed by atoms with Crippen molar-refractivity contribution in [3.8, 4) is 5.75 Å². The topological polar surface area (TPSA) is 85.6 Å². The lowest BCUT2D eigenvalue weighted by atomic mass is 10.0. The summed E-state index contributed by atoms with van der Waals surface area (Å²) < 4.78 is 10.5. The number of Topliss-reactive ketones (excluding diaryl/α,β-unsaturated/α-hetero) is 1. The van der Waals surface area contributed by atoms with Gasteiger partial charge in [0.25, 0.3) is 0 Å². The Morgan fingerprint density at radius 2 is 1.93 bits per heavy atom. The Morgan fingerprint density at radius 1 is 1.15 bits per heavy atom. The van der Waals surface area contributed by atoms with Crippen LogP contribution in [0.2, 0.25) is 0 Å². The van der Waals surface area contributed by atoms with Gasteiger partial charge in [-0.15, -0.1) is 0 Å². The van der Waals surface area contributed by atoms with Crippen LogP contribution in [0.3, 0.4) is 0 Å². The van der Waals surface area contributed by atoms with Gasteiger partial charge < -0.3 is 14.5 Å². The molecule has 27 heavy (non-hydrogen) atoms. The van der Waals surface area contributed by atoms with E-state index in [4.69, 9.17) is 9.15 Å². The molecule has 1 amide bonds. The first-order chi connectivity index (χ1) is 12.9. The molecular formula is C21H19NO5. The van der Waals surface area contributed by atoms with Crippen molar-refractivity contribution < 1.29 is 18.7 Å². The van der Waals surface area contributed by atoms with Gasteiger partial charge >= 0.3 is 5.63 Å². The third-order valence-corrected chi connectivity index (χ3v) is 4.38. The van der Waals surface area contributed by atoms with E-state index in [0.717, 1.165) is 5.39 Å². The fourth-order valence-corrected chi connectivity index (χ4v) is 2.89. The number of aryl methyl sites for hydroxylation is 1. The summed E-state index contributed by atoms with van der Waals surface area (Å²) in [4.78, 5) is 36.2. The van der Waals surface area contributed by atoms with Crippen molar-refractivity contribution in [2.75, 3.05) is 12.4 Å². The zero-order valence-corrected chi connectivity index (χ0v) is 15.3. The molecule has 1 aromatic heterocycles. The molecule has 0 atom stereocenters. The second-order valence-electron chi connectivity index (χ2n) is 6.22. The van der Waals surface area contributed by atoms with Gasteiger partial charge in [-0.25, -0.2) is 4.79 Å². The molecule has 0 saturated carbocycles. The lowest BCUT2D eigenvalue weighted by Gasteiger charge is -2.10. The summed E-state index contributed by atoms with van der Waals surface area (Å²) in [6.07, 6.45) is -0.125. The van der Waals surface area contributed by atoms with Crippen LogP contribution < -0.4 is 15.7 Å². The molecule has 0 fully saturated rings. The number of amides is 1. The Kier molecular flexibility index (Phi) is 5.07. The number of hydrogen-bond donors (Lipinski definition) is 1. The highest BCUT2D eigenvalue weighted by atomic mass is 16.5. The smallest absolute Gasteiger partial charge is 0.340 e. The third kappa shape index (κ3) is 3.89. The Morgan fingerprint density at radius 3 is 2.63 bits per heavy atom. The summed E-state index contributed by atoms with van der Waals surface area (Å²) in [5, 5.41) is 3.46. The summed E-state index contributed by atoms with van der Waals surface area (Å²) >= 11 is 0. The Bertz CT molecular complexity index is 1100. The molecule has 1 heterocycles. The predicted octanol–water partition coefficient (Wildman–Crippen LogP) is 3.49. The normalized spacial score (nSPS) is 10.6. The van der Waals surface area contributed by atoms with E-state index in [1.54, 1.807) is 49.4 Å².